The van der Waals surface area contributed by atoms with Crippen molar-refractivity contribution in [3.63, 3.8) is 0 Å². The second-order valence-electron chi connectivity index (χ2n) is 5.74. The molecule has 0 aromatic carbocycles. The minimum atomic E-state index is -0.421. The maximum absolute atomic E-state index is 12.1. The molecular formula is C14H21NO3. The van der Waals surface area contributed by atoms with Gasteiger partial charge >= 0.3 is 5.97 Å². The van der Waals surface area contributed by atoms with Crippen molar-refractivity contribution in [3.8, 4) is 0 Å². The van der Waals surface area contributed by atoms with Crippen molar-refractivity contribution in [2.24, 2.45) is 0 Å². The van der Waals surface area contributed by atoms with Crippen LogP contribution >= 0.6 is 0 Å². The quantitative estimate of drug-likeness (QED) is 0.774. The number of ether oxygens (including phenoxy) is 1. The molecule has 1 atom stereocenters. The van der Waals surface area contributed by atoms with Crippen LogP contribution in [-0.4, -0.2) is 29.1 Å². The molecule has 0 radical (unpaired) electrons. The predicted octanol–water partition coefficient (Wildman–Crippen LogP) is 2.59. The molecule has 0 amide bonds. The molecule has 1 aliphatic heterocycles. The van der Waals surface area contributed by atoms with Gasteiger partial charge in [0.2, 0.25) is 0 Å². The Morgan fingerprint density at radius 2 is 2.33 bits per heavy atom. The fourth-order valence-corrected chi connectivity index (χ4v) is 2.25. The number of esters is 1. The van der Waals surface area contributed by atoms with Crippen molar-refractivity contribution in [1.82, 2.24) is 4.90 Å². The summed E-state index contributed by atoms with van der Waals surface area (Å²) in [6.07, 6.45) is 3.56. The first-order chi connectivity index (χ1) is 8.46. The van der Waals surface area contributed by atoms with Gasteiger partial charge in [0, 0.05) is 0 Å². The van der Waals surface area contributed by atoms with Crippen molar-refractivity contribution in [3.05, 3.63) is 24.2 Å². The lowest BCUT2D eigenvalue weighted by Gasteiger charge is -2.26. The second-order valence-corrected chi connectivity index (χ2v) is 5.74. The van der Waals surface area contributed by atoms with Gasteiger partial charge in [-0.05, 0) is 52.3 Å². The first-order valence-corrected chi connectivity index (χ1v) is 6.45. The molecule has 4 heteroatoms. The van der Waals surface area contributed by atoms with Crippen molar-refractivity contribution < 1.29 is 13.9 Å². The van der Waals surface area contributed by atoms with Gasteiger partial charge in [-0.3, -0.25) is 9.69 Å². The Bertz CT molecular complexity index is 392. The Morgan fingerprint density at radius 1 is 1.56 bits per heavy atom. The highest BCUT2D eigenvalue weighted by Gasteiger charge is 2.34. The number of carbonyl (C=O) groups excluding carboxylic acids is 1. The molecule has 2 rings (SSSR count). The van der Waals surface area contributed by atoms with E-state index in [4.69, 9.17) is 9.15 Å². The lowest BCUT2D eigenvalue weighted by molar-refractivity contribution is -0.160. The summed E-state index contributed by atoms with van der Waals surface area (Å²) in [5, 5.41) is 0. The van der Waals surface area contributed by atoms with E-state index in [-0.39, 0.29) is 12.0 Å². The Morgan fingerprint density at radius 3 is 2.94 bits per heavy atom. The SMILES string of the molecule is CC(C)(C)OC(=O)[C@@H]1CCCN1Cc1ccco1. The van der Waals surface area contributed by atoms with Gasteiger partial charge in [0.05, 0.1) is 12.8 Å². The Labute approximate surface area is 108 Å². The number of nitrogens with zero attached hydrogens (tertiary/aromatic N) is 1. The predicted molar refractivity (Wildman–Crippen MR) is 68.0 cm³/mol. The Kier molecular flexibility index (Phi) is 3.76. The minimum Gasteiger partial charge on any atom is -0.468 e. The van der Waals surface area contributed by atoms with E-state index >= 15 is 0 Å². The topological polar surface area (TPSA) is 42.7 Å². The van der Waals surface area contributed by atoms with Crippen LogP contribution in [0, 0.1) is 0 Å². The zero-order valence-electron chi connectivity index (χ0n) is 11.3. The highest BCUT2D eigenvalue weighted by atomic mass is 16.6. The summed E-state index contributed by atoms with van der Waals surface area (Å²) < 4.78 is 10.8. The zero-order valence-corrected chi connectivity index (χ0v) is 11.3. The van der Waals surface area contributed by atoms with Gasteiger partial charge in [-0.25, -0.2) is 0 Å². The first-order valence-electron chi connectivity index (χ1n) is 6.45. The molecule has 1 aromatic heterocycles. The third-order valence-electron chi connectivity index (χ3n) is 2.98. The molecule has 0 bridgehead atoms. The van der Waals surface area contributed by atoms with Crippen molar-refractivity contribution in [1.29, 1.82) is 0 Å². The summed E-state index contributed by atoms with van der Waals surface area (Å²) >= 11 is 0. The van der Waals surface area contributed by atoms with Crippen molar-refractivity contribution in [2.75, 3.05) is 6.54 Å². The lowest BCUT2D eigenvalue weighted by atomic mass is 10.1. The van der Waals surface area contributed by atoms with E-state index in [1.54, 1.807) is 6.26 Å². The number of rotatable bonds is 3. The molecule has 1 fully saturated rings. The van der Waals surface area contributed by atoms with E-state index < -0.39 is 5.60 Å². The van der Waals surface area contributed by atoms with E-state index in [9.17, 15) is 4.79 Å². The Hall–Kier alpha value is -1.29. The normalized spacial score (nSPS) is 21.2. The monoisotopic (exact) mass is 251 g/mol. The molecule has 0 spiro atoms. The van der Waals surface area contributed by atoms with Crippen LogP contribution in [0.25, 0.3) is 0 Å². The fourth-order valence-electron chi connectivity index (χ4n) is 2.25. The summed E-state index contributed by atoms with van der Waals surface area (Å²) in [6, 6.07) is 3.67. The maximum Gasteiger partial charge on any atom is 0.323 e. The molecule has 4 nitrogen and oxygen atoms in total. The van der Waals surface area contributed by atoms with Gasteiger partial charge in [-0.2, -0.15) is 0 Å². The molecule has 100 valence electrons. The summed E-state index contributed by atoms with van der Waals surface area (Å²) in [4.78, 5) is 14.2. The van der Waals surface area contributed by atoms with Gasteiger partial charge in [0.15, 0.2) is 0 Å². The van der Waals surface area contributed by atoms with Crippen LogP contribution in [-0.2, 0) is 16.1 Å². The smallest absolute Gasteiger partial charge is 0.323 e. The third kappa shape index (κ3) is 3.35. The van der Waals surface area contributed by atoms with Gasteiger partial charge in [-0.15, -0.1) is 0 Å². The molecule has 1 aliphatic rings. The van der Waals surface area contributed by atoms with Crippen LogP contribution in [0.1, 0.15) is 39.4 Å². The number of carbonyl (C=O) groups is 1. The van der Waals surface area contributed by atoms with Gasteiger partial charge in [0.1, 0.15) is 17.4 Å². The Balaban J connectivity index is 1.97. The average Bonchev–Trinajstić information content (AvgIpc) is 2.86. The molecule has 18 heavy (non-hydrogen) atoms. The van der Waals surface area contributed by atoms with Gasteiger partial charge < -0.3 is 9.15 Å². The van der Waals surface area contributed by atoms with Crippen LogP contribution in [0.2, 0.25) is 0 Å². The number of hydrogen-bond acceptors (Lipinski definition) is 4. The molecule has 1 aromatic rings. The van der Waals surface area contributed by atoms with Gasteiger partial charge in [0.25, 0.3) is 0 Å². The zero-order chi connectivity index (χ0) is 13.2. The van der Waals surface area contributed by atoms with E-state index in [1.165, 1.54) is 0 Å². The van der Waals surface area contributed by atoms with E-state index in [0.717, 1.165) is 25.1 Å². The maximum atomic E-state index is 12.1. The van der Waals surface area contributed by atoms with Crippen LogP contribution in [0.5, 0.6) is 0 Å². The molecular weight excluding hydrogens is 230 g/mol. The number of hydrogen-bond donors (Lipinski definition) is 0. The highest BCUT2D eigenvalue weighted by molar-refractivity contribution is 5.76. The first kappa shape index (κ1) is 13.1. The average molecular weight is 251 g/mol. The van der Waals surface area contributed by atoms with Crippen LogP contribution in [0.4, 0.5) is 0 Å². The number of likely N-dealkylation sites (tertiary alicyclic amines) is 1. The third-order valence-corrected chi connectivity index (χ3v) is 2.98. The summed E-state index contributed by atoms with van der Waals surface area (Å²) in [6.45, 7) is 7.30. The summed E-state index contributed by atoms with van der Waals surface area (Å²) in [7, 11) is 0. The molecule has 0 saturated carbocycles. The molecule has 2 heterocycles. The van der Waals surface area contributed by atoms with Crippen LogP contribution < -0.4 is 0 Å². The number of furan rings is 1. The largest absolute Gasteiger partial charge is 0.468 e. The lowest BCUT2D eigenvalue weighted by Crippen LogP contribution is -2.40. The molecule has 0 aliphatic carbocycles. The van der Waals surface area contributed by atoms with Crippen molar-refractivity contribution in [2.45, 2.75) is 51.8 Å². The highest BCUT2D eigenvalue weighted by Crippen LogP contribution is 2.23. The van der Waals surface area contributed by atoms with Crippen molar-refractivity contribution >= 4 is 5.97 Å². The molecule has 0 N–H and O–H groups in total. The summed E-state index contributed by atoms with van der Waals surface area (Å²) in [5.74, 6) is 0.775. The molecule has 1 saturated heterocycles. The second kappa shape index (κ2) is 5.14. The van der Waals surface area contributed by atoms with Crippen LogP contribution in [0.15, 0.2) is 22.8 Å². The minimum absolute atomic E-state index is 0.119. The molecule has 0 unspecified atom stereocenters. The standard InChI is InChI=1S/C14H21NO3/c1-14(2,3)18-13(16)12-7-4-8-15(12)10-11-6-5-9-17-11/h5-6,9,12H,4,7-8,10H2,1-3H3/t12-/m0/s1. The van der Waals surface area contributed by atoms with Crippen LogP contribution in [0.3, 0.4) is 0 Å². The summed E-state index contributed by atoms with van der Waals surface area (Å²) in [5.41, 5.74) is -0.421. The van der Waals surface area contributed by atoms with E-state index in [1.807, 2.05) is 32.9 Å². The van der Waals surface area contributed by atoms with Gasteiger partial charge in [-0.1, -0.05) is 0 Å². The van der Waals surface area contributed by atoms with E-state index in [2.05, 4.69) is 4.90 Å². The fraction of sp³-hybridized carbons (Fsp3) is 0.643. The van der Waals surface area contributed by atoms with E-state index in [0.29, 0.717) is 6.54 Å².